The highest BCUT2D eigenvalue weighted by Crippen LogP contribution is 2.29. The van der Waals surface area contributed by atoms with E-state index in [1.165, 1.54) is 17.3 Å². The molecular formula is C27H29N5O2S. The molecule has 2 aromatic carbocycles. The van der Waals surface area contributed by atoms with E-state index in [1.807, 2.05) is 52.8 Å². The lowest BCUT2D eigenvalue weighted by atomic mass is 10.2. The summed E-state index contributed by atoms with van der Waals surface area (Å²) >= 11 is 1.46. The van der Waals surface area contributed by atoms with Crippen LogP contribution in [-0.4, -0.2) is 61.9 Å². The topological polar surface area (TPSA) is 67.4 Å². The Balaban J connectivity index is 1.24. The van der Waals surface area contributed by atoms with Crippen LogP contribution in [0.3, 0.4) is 0 Å². The van der Waals surface area contributed by atoms with E-state index in [0.29, 0.717) is 23.3 Å². The normalized spacial score (nSPS) is 15.3. The molecular weight excluding hydrogens is 458 g/mol. The maximum Gasteiger partial charge on any atom is 0.235 e. The Morgan fingerprint density at radius 3 is 2.17 bits per heavy atom. The van der Waals surface area contributed by atoms with E-state index in [-0.39, 0.29) is 11.2 Å². The van der Waals surface area contributed by atoms with Crippen molar-refractivity contribution in [2.45, 2.75) is 30.4 Å². The van der Waals surface area contributed by atoms with Gasteiger partial charge in [-0.1, -0.05) is 72.4 Å². The molecule has 5 rings (SSSR count). The van der Waals surface area contributed by atoms with Gasteiger partial charge >= 0.3 is 0 Å². The highest BCUT2D eigenvalue weighted by Gasteiger charge is 2.28. The second-order valence-electron chi connectivity index (χ2n) is 8.70. The minimum absolute atomic E-state index is 0.142. The van der Waals surface area contributed by atoms with Crippen LogP contribution in [0.15, 0.2) is 88.6 Å². The maximum atomic E-state index is 13.3. The molecule has 1 unspecified atom stereocenters. The zero-order chi connectivity index (χ0) is 24.0. The van der Waals surface area contributed by atoms with E-state index in [9.17, 15) is 4.79 Å². The first-order valence-electron chi connectivity index (χ1n) is 11.9. The summed E-state index contributed by atoms with van der Waals surface area (Å²) in [5.74, 6) is 1.47. The van der Waals surface area contributed by atoms with Gasteiger partial charge < -0.3 is 9.32 Å². The molecule has 8 heteroatoms. The number of furan rings is 1. The molecule has 0 saturated carbocycles. The number of aromatic nitrogens is 3. The van der Waals surface area contributed by atoms with Crippen molar-refractivity contribution in [3.63, 3.8) is 0 Å². The van der Waals surface area contributed by atoms with Crippen LogP contribution in [0.2, 0.25) is 0 Å². The minimum atomic E-state index is -0.265. The Morgan fingerprint density at radius 2 is 1.54 bits per heavy atom. The van der Waals surface area contributed by atoms with Crippen molar-refractivity contribution in [2.24, 2.45) is 0 Å². The van der Waals surface area contributed by atoms with Gasteiger partial charge in [-0.15, -0.1) is 10.2 Å². The largest absolute Gasteiger partial charge is 0.461 e. The lowest BCUT2D eigenvalue weighted by Crippen LogP contribution is -2.50. The Bertz CT molecular complexity index is 1220. The summed E-state index contributed by atoms with van der Waals surface area (Å²) in [6, 6.07) is 24.4. The van der Waals surface area contributed by atoms with Crippen LogP contribution in [0.4, 0.5) is 0 Å². The summed E-state index contributed by atoms with van der Waals surface area (Å²) in [5, 5.41) is 9.27. The van der Waals surface area contributed by atoms with Gasteiger partial charge in [0.1, 0.15) is 0 Å². The van der Waals surface area contributed by atoms with Gasteiger partial charge in [0.15, 0.2) is 10.9 Å². The fourth-order valence-corrected chi connectivity index (χ4v) is 5.24. The van der Waals surface area contributed by atoms with Gasteiger partial charge in [0.05, 0.1) is 18.1 Å². The summed E-state index contributed by atoms with van der Waals surface area (Å²) in [6.07, 6.45) is 1.63. The number of thioether (sulfide) groups is 1. The van der Waals surface area contributed by atoms with Crippen molar-refractivity contribution in [1.82, 2.24) is 24.6 Å². The number of hydrogen-bond acceptors (Lipinski definition) is 6. The summed E-state index contributed by atoms with van der Waals surface area (Å²) in [7, 11) is 0. The Morgan fingerprint density at radius 1 is 0.886 bits per heavy atom. The van der Waals surface area contributed by atoms with Crippen LogP contribution in [-0.2, 0) is 17.9 Å². The highest BCUT2D eigenvalue weighted by atomic mass is 32.2. The minimum Gasteiger partial charge on any atom is -0.461 e. The average molecular weight is 488 g/mol. The number of carbonyl (C=O) groups excluding carboxylic acids is 1. The predicted octanol–water partition coefficient (Wildman–Crippen LogP) is 4.41. The molecule has 0 N–H and O–H groups in total. The second kappa shape index (κ2) is 10.9. The van der Waals surface area contributed by atoms with Crippen molar-refractivity contribution < 1.29 is 9.21 Å². The molecule has 0 aliphatic carbocycles. The van der Waals surface area contributed by atoms with Crippen molar-refractivity contribution in [3.8, 4) is 11.6 Å². The second-order valence-corrected chi connectivity index (χ2v) is 10.0. The fraction of sp³-hybridized carbons (Fsp3) is 0.296. The molecule has 0 bridgehead atoms. The summed E-state index contributed by atoms with van der Waals surface area (Å²) < 4.78 is 7.63. The van der Waals surface area contributed by atoms with Crippen LogP contribution < -0.4 is 0 Å². The number of benzene rings is 2. The lowest BCUT2D eigenvalue weighted by Gasteiger charge is -2.35. The van der Waals surface area contributed by atoms with Crippen LogP contribution >= 0.6 is 11.8 Å². The highest BCUT2D eigenvalue weighted by molar-refractivity contribution is 8.00. The molecule has 2 aromatic heterocycles. The molecule has 1 fully saturated rings. The number of nitrogens with zero attached hydrogens (tertiary/aromatic N) is 5. The van der Waals surface area contributed by atoms with Gasteiger partial charge in [0, 0.05) is 32.7 Å². The molecule has 1 atom stereocenters. The van der Waals surface area contributed by atoms with E-state index in [0.717, 1.165) is 38.3 Å². The van der Waals surface area contributed by atoms with Crippen molar-refractivity contribution in [3.05, 3.63) is 90.2 Å². The predicted molar refractivity (Wildman–Crippen MR) is 137 cm³/mol. The molecule has 1 saturated heterocycles. The Kier molecular flexibility index (Phi) is 7.30. The number of rotatable bonds is 8. The molecule has 1 amide bonds. The number of hydrogen-bond donors (Lipinski definition) is 0. The zero-order valence-electron chi connectivity index (χ0n) is 19.8. The molecule has 1 aliphatic heterocycles. The third-order valence-corrected chi connectivity index (χ3v) is 7.27. The van der Waals surface area contributed by atoms with E-state index < -0.39 is 0 Å². The lowest BCUT2D eigenvalue weighted by molar-refractivity contribution is -0.132. The Labute approximate surface area is 209 Å². The monoisotopic (exact) mass is 487 g/mol. The molecule has 3 heterocycles. The number of carbonyl (C=O) groups is 1. The maximum absolute atomic E-state index is 13.3. The Hall–Kier alpha value is -3.36. The standard InChI is InChI=1S/C27H29N5O2S/c1-21(26(33)31-16-14-30(15-17-31)19-22-9-4-2-5-10-22)35-27-29-28-25(24-13-8-18-34-24)32(27)20-23-11-6-3-7-12-23/h2-13,18,21H,14-17,19-20H2,1H3. The van der Waals surface area contributed by atoms with Gasteiger partial charge in [-0.25, -0.2) is 0 Å². The first kappa shape index (κ1) is 23.4. The fourth-order valence-electron chi connectivity index (χ4n) is 4.31. The van der Waals surface area contributed by atoms with Crippen molar-refractivity contribution >= 4 is 17.7 Å². The van der Waals surface area contributed by atoms with Crippen LogP contribution in [0, 0.1) is 0 Å². The quantitative estimate of drug-likeness (QED) is 0.343. The van der Waals surface area contributed by atoms with Crippen molar-refractivity contribution in [2.75, 3.05) is 26.2 Å². The average Bonchev–Trinajstić information content (AvgIpc) is 3.56. The zero-order valence-corrected chi connectivity index (χ0v) is 20.6. The van der Waals surface area contributed by atoms with E-state index in [1.54, 1.807) is 6.26 Å². The molecule has 180 valence electrons. The van der Waals surface area contributed by atoms with Crippen LogP contribution in [0.1, 0.15) is 18.1 Å². The third kappa shape index (κ3) is 5.66. The van der Waals surface area contributed by atoms with Crippen molar-refractivity contribution in [1.29, 1.82) is 0 Å². The molecule has 0 radical (unpaired) electrons. The van der Waals surface area contributed by atoms with Gasteiger partial charge in [-0.05, 0) is 30.2 Å². The molecule has 1 aliphatic rings. The smallest absolute Gasteiger partial charge is 0.235 e. The summed E-state index contributed by atoms with van der Waals surface area (Å²) in [5.41, 5.74) is 2.44. The first-order valence-corrected chi connectivity index (χ1v) is 12.8. The SMILES string of the molecule is CC(Sc1nnc(-c2ccco2)n1Cc1ccccc1)C(=O)N1CCN(Cc2ccccc2)CC1. The summed E-state index contributed by atoms with van der Waals surface area (Å²) in [4.78, 5) is 17.7. The van der Waals surface area contributed by atoms with Gasteiger partial charge in [-0.2, -0.15) is 0 Å². The van der Waals surface area contributed by atoms with E-state index >= 15 is 0 Å². The van der Waals surface area contributed by atoms with Crippen LogP contribution in [0.5, 0.6) is 0 Å². The molecule has 4 aromatic rings. The van der Waals surface area contributed by atoms with Gasteiger partial charge in [0.25, 0.3) is 0 Å². The first-order chi connectivity index (χ1) is 17.2. The summed E-state index contributed by atoms with van der Waals surface area (Å²) in [6.45, 7) is 6.72. The third-order valence-electron chi connectivity index (χ3n) is 6.20. The van der Waals surface area contributed by atoms with E-state index in [4.69, 9.17) is 4.42 Å². The van der Waals surface area contributed by atoms with Gasteiger partial charge in [-0.3, -0.25) is 14.3 Å². The number of piperazine rings is 1. The number of amides is 1. The molecule has 0 spiro atoms. The molecule has 35 heavy (non-hydrogen) atoms. The van der Waals surface area contributed by atoms with Gasteiger partial charge in [0.2, 0.25) is 11.7 Å². The van der Waals surface area contributed by atoms with Crippen LogP contribution in [0.25, 0.3) is 11.6 Å². The van der Waals surface area contributed by atoms with E-state index in [2.05, 4.69) is 51.5 Å². The molecule has 7 nitrogen and oxygen atoms in total.